The maximum atomic E-state index is 12.3. The highest BCUT2D eigenvalue weighted by Gasteiger charge is 2.17. The molecule has 11 heteroatoms. The highest BCUT2D eigenvalue weighted by Crippen LogP contribution is 2.40. The molecule has 0 saturated heterocycles. The summed E-state index contributed by atoms with van der Waals surface area (Å²) in [7, 11) is 0. The fourth-order valence-corrected chi connectivity index (χ4v) is 4.01. The quantitative estimate of drug-likeness (QED) is 0.240. The number of benzene rings is 2. The molecule has 0 aliphatic heterocycles. The Kier molecular flexibility index (Phi) is 6.94. The van der Waals surface area contributed by atoms with Gasteiger partial charge in [-0.15, -0.1) is 11.3 Å². The molecule has 31 heavy (non-hydrogen) atoms. The molecular formula is C20H15Cl2N3O5S. The second-order valence-electron chi connectivity index (χ2n) is 6.32. The van der Waals surface area contributed by atoms with E-state index in [1.54, 1.807) is 30.5 Å². The number of amides is 1. The number of aromatic carboxylic acids is 1. The van der Waals surface area contributed by atoms with Crippen molar-refractivity contribution in [1.82, 2.24) is 5.43 Å². The van der Waals surface area contributed by atoms with Gasteiger partial charge in [0.15, 0.2) is 0 Å². The van der Waals surface area contributed by atoms with E-state index in [4.69, 9.17) is 28.3 Å². The molecule has 8 nitrogen and oxygen atoms in total. The summed E-state index contributed by atoms with van der Waals surface area (Å²) in [6.07, 6.45) is 0. The van der Waals surface area contributed by atoms with E-state index in [1.165, 1.54) is 29.5 Å². The van der Waals surface area contributed by atoms with E-state index in [2.05, 4.69) is 10.5 Å². The van der Waals surface area contributed by atoms with E-state index >= 15 is 0 Å². The van der Waals surface area contributed by atoms with Gasteiger partial charge in [-0.3, -0.25) is 4.79 Å². The molecule has 0 aliphatic rings. The van der Waals surface area contributed by atoms with Crippen molar-refractivity contribution in [3.63, 3.8) is 0 Å². The Morgan fingerprint density at radius 2 is 1.87 bits per heavy atom. The third-order valence-corrected chi connectivity index (χ3v) is 6.09. The Morgan fingerprint density at radius 3 is 2.52 bits per heavy atom. The predicted molar refractivity (Wildman–Crippen MR) is 119 cm³/mol. The number of rotatable bonds is 6. The van der Waals surface area contributed by atoms with Crippen molar-refractivity contribution < 1.29 is 25.3 Å². The Bertz CT molecular complexity index is 1210. The summed E-state index contributed by atoms with van der Waals surface area (Å²) in [6.45, 7) is 1.60. The van der Waals surface area contributed by atoms with Crippen LogP contribution in [0.15, 0.2) is 46.9 Å². The van der Waals surface area contributed by atoms with E-state index in [1.807, 2.05) is 0 Å². The zero-order chi connectivity index (χ0) is 22.7. The van der Waals surface area contributed by atoms with Crippen molar-refractivity contribution in [2.75, 3.05) is 0 Å². The molecule has 0 fully saturated rings. The van der Waals surface area contributed by atoms with Crippen LogP contribution in [0.5, 0.6) is 5.75 Å². The lowest BCUT2D eigenvalue weighted by molar-refractivity contribution is -0.497. The summed E-state index contributed by atoms with van der Waals surface area (Å²) in [5, 5.41) is 37.2. The molecule has 1 amide bonds. The third-order valence-electron chi connectivity index (χ3n) is 4.33. The molecule has 0 atom stereocenters. The number of quaternary nitrogens is 1. The number of carboxylic acids is 1. The molecule has 5 N–H and O–H groups in total. The van der Waals surface area contributed by atoms with Crippen LogP contribution in [0.4, 0.5) is 5.69 Å². The van der Waals surface area contributed by atoms with E-state index in [0.717, 1.165) is 0 Å². The van der Waals surface area contributed by atoms with Crippen molar-refractivity contribution in [3.8, 4) is 16.2 Å². The lowest BCUT2D eigenvalue weighted by Crippen LogP contribution is -2.70. The van der Waals surface area contributed by atoms with Crippen molar-refractivity contribution >= 4 is 57.8 Å². The number of nitrogens with zero attached hydrogens (tertiary/aromatic N) is 1. The van der Waals surface area contributed by atoms with Crippen molar-refractivity contribution in [1.29, 1.82) is 0 Å². The minimum absolute atomic E-state index is 0.0204. The topological polar surface area (TPSA) is 139 Å². The second-order valence-corrected chi connectivity index (χ2v) is 8.01. The normalized spacial score (nSPS) is 11.4. The van der Waals surface area contributed by atoms with Crippen molar-refractivity contribution in [2.45, 2.75) is 6.92 Å². The summed E-state index contributed by atoms with van der Waals surface area (Å²) in [4.78, 5) is 24.0. The number of carboxylic acid groups (broad SMARTS) is 1. The van der Waals surface area contributed by atoms with E-state index < -0.39 is 11.9 Å². The van der Waals surface area contributed by atoms with Crippen LogP contribution in [-0.4, -0.2) is 27.8 Å². The van der Waals surface area contributed by atoms with Gasteiger partial charge in [0.2, 0.25) is 0 Å². The number of hydrogen-bond donors (Lipinski definition) is 4. The van der Waals surface area contributed by atoms with Gasteiger partial charge in [0, 0.05) is 17.0 Å². The van der Waals surface area contributed by atoms with Crippen molar-refractivity contribution in [2.24, 2.45) is 5.10 Å². The number of hydrogen-bond acceptors (Lipinski definition) is 6. The molecule has 2 aromatic carbocycles. The number of aromatic hydroxyl groups is 1. The summed E-state index contributed by atoms with van der Waals surface area (Å²) in [5.74, 6) is -1.93. The van der Waals surface area contributed by atoms with Crippen LogP contribution in [0, 0.1) is 5.21 Å². The van der Waals surface area contributed by atoms with Crippen LogP contribution in [0.25, 0.3) is 10.4 Å². The van der Waals surface area contributed by atoms with Crippen LogP contribution >= 0.6 is 34.5 Å². The highest BCUT2D eigenvalue weighted by atomic mass is 35.5. The van der Waals surface area contributed by atoms with E-state index in [9.17, 15) is 19.9 Å². The van der Waals surface area contributed by atoms with E-state index in [0.29, 0.717) is 37.2 Å². The zero-order valence-electron chi connectivity index (χ0n) is 15.8. The molecule has 0 saturated carbocycles. The van der Waals surface area contributed by atoms with Crippen LogP contribution in [0.1, 0.15) is 33.2 Å². The maximum absolute atomic E-state index is 12.3. The lowest BCUT2D eigenvalue weighted by Gasteiger charge is -2.08. The molecule has 0 unspecified atom stereocenters. The molecule has 1 aromatic heterocycles. The number of thiophene rings is 1. The molecule has 0 bridgehead atoms. The fraction of sp³-hybridized carbons (Fsp3) is 0.0500. The first-order chi connectivity index (χ1) is 14.7. The summed E-state index contributed by atoms with van der Waals surface area (Å²) >= 11 is 13.2. The van der Waals surface area contributed by atoms with Gasteiger partial charge in [-0.1, -0.05) is 29.3 Å². The summed E-state index contributed by atoms with van der Waals surface area (Å²) in [5.41, 5.74) is 3.87. The van der Waals surface area contributed by atoms with Gasteiger partial charge < -0.3 is 20.9 Å². The average molecular weight is 480 g/mol. The van der Waals surface area contributed by atoms with Crippen molar-refractivity contribution in [3.05, 3.63) is 73.7 Å². The molecule has 0 spiro atoms. The summed E-state index contributed by atoms with van der Waals surface area (Å²) < 4.78 is 0. The number of carbonyl (C=O) groups is 2. The SMILES string of the molecule is C/C(=N\NC(=O)c1ccc(C(=O)O)c([NH2+][O-])c1)c1csc(-c2ccc(Cl)c(Cl)c2)c1O. The van der Waals surface area contributed by atoms with E-state index in [-0.39, 0.29) is 22.6 Å². The highest BCUT2D eigenvalue weighted by molar-refractivity contribution is 7.14. The first-order valence-electron chi connectivity index (χ1n) is 8.66. The number of hydrazone groups is 1. The molecular weight excluding hydrogens is 465 g/mol. The third kappa shape index (κ3) is 4.87. The Labute approximate surface area is 190 Å². The molecule has 0 radical (unpaired) electrons. The smallest absolute Gasteiger partial charge is 0.341 e. The molecule has 3 aromatic rings. The Morgan fingerprint density at radius 1 is 1.13 bits per heavy atom. The molecule has 1 heterocycles. The number of nitrogens with one attached hydrogen (secondary N) is 1. The summed E-state index contributed by atoms with van der Waals surface area (Å²) in [6, 6.07) is 8.61. The number of nitrogens with two attached hydrogens (primary N) is 1. The Balaban J connectivity index is 1.81. The zero-order valence-corrected chi connectivity index (χ0v) is 18.2. The lowest BCUT2D eigenvalue weighted by atomic mass is 10.1. The molecule has 0 aliphatic carbocycles. The van der Waals surface area contributed by atoms with Crippen LogP contribution in [0.3, 0.4) is 0 Å². The van der Waals surface area contributed by atoms with Gasteiger partial charge in [-0.25, -0.2) is 10.2 Å². The first kappa shape index (κ1) is 22.7. The minimum atomic E-state index is -1.27. The van der Waals surface area contributed by atoms with Gasteiger partial charge >= 0.3 is 5.97 Å². The monoisotopic (exact) mass is 479 g/mol. The maximum Gasteiger partial charge on any atom is 0.341 e. The Hall–Kier alpha value is -2.95. The standard InChI is InChI=1S/C20H15Cl2N3O5S/c1-9(13-8-31-18(17(13)26)10-3-5-14(21)15(22)6-10)23-24-19(27)11-2-4-12(20(28)29)16(7-11)25-30/h2-8,26H,25H2,1H3,(H,24,27)(H,28,29)/b23-9+. The van der Waals surface area contributed by atoms with Gasteiger partial charge in [0.1, 0.15) is 17.0 Å². The minimum Gasteiger partial charge on any atom is -0.630 e. The van der Waals surface area contributed by atoms with Crippen LogP contribution < -0.4 is 10.9 Å². The molecule has 160 valence electrons. The van der Waals surface area contributed by atoms with Crippen LogP contribution in [0.2, 0.25) is 10.0 Å². The molecule has 3 rings (SSSR count). The average Bonchev–Trinajstić information content (AvgIpc) is 3.14. The van der Waals surface area contributed by atoms with Gasteiger partial charge in [0.05, 0.1) is 26.2 Å². The number of halogens is 2. The predicted octanol–water partition coefficient (Wildman–Crippen LogP) is 3.97. The largest absolute Gasteiger partial charge is 0.630 e. The number of carbonyl (C=O) groups excluding carboxylic acids is 1. The van der Waals surface area contributed by atoms with Crippen LogP contribution in [-0.2, 0) is 0 Å². The first-order valence-corrected chi connectivity index (χ1v) is 10.3. The second kappa shape index (κ2) is 9.46. The van der Waals surface area contributed by atoms with Gasteiger partial charge in [0.25, 0.3) is 5.91 Å². The van der Waals surface area contributed by atoms with Gasteiger partial charge in [-0.2, -0.15) is 5.10 Å². The fourth-order valence-electron chi connectivity index (χ4n) is 2.71. The van der Waals surface area contributed by atoms with Gasteiger partial charge in [-0.05, 0) is 36.8 Å².